The van der Waals surface area contributed by atoms with Crippen LogP contribution in [0.4, 0.5) is 4.39 Å². The molecular weight excluding hydrogens is 271 g/mol. The van der Waals surface area contributed by atoms with Gasteiger partial charge in [-0.2, -0.15) is 0 Å². The topological polar surface area (TPSA) is 55.1 Å². The Balaban J connectivity index is 2.15. The molecule has 0 saturated heterocycles. The number of aryl methyl sites for hydroxylation is 1. The molecule has 0 amide bonds. The van der Waals surface area contributed by atoms with E-state index in [0.29, 0.717) is 30.2 Å². The van der Waals surface area contributed by atoms with Crippen LogP contribution in [-0.2, 0) is 11.3 Å². The molecule has 1 aromatic heterocycles. The summed E-state index contributed by atoms with van der Waals surface area (Å²) in [5, 5.41) is 9.44. The van der Waals surface area contributed by atoms with E-state index in [4.69, 9.17) is 0 Å². The van der Waals surface area contributed by atoms with E-state index in [1.54, 1.807) is 6.07 Å². The van der Waals surface area contributed by atoms with Gasteiger partial charge in [-0.05, 0) is 37.8 Å². The first kappa shape index (κ1) is 14.0. The number of para-hydroxylation sites is 1. The molecule has 1 heterocycles. The highest BCUT2D eigenvalue weighted by Crippen LogP contribution is 2.43. The van der Waals surface area contributed by atoms with Gasteiger partial charge >= 0.3 is 5.97 Å². The van der Waals surface area contributed by atoms with Crippen LogP contribution in [0.1, 0.15) is 38.4 Å². The number of rotatable bonds is 3. The molecule has 112 valence electrons. The van der Waals surface area contributed by atoms with Crippen LogP contribution in [0.3, 0.4) is 0 Å². The molecule has 0 bridgehead atoms. The Bertz CT molecular complexity index is 695. The predicted molar refractivity (Wildman–Crippen MR) is 77.6 cm³/mol. The summed E-state index contributed by atoms with van der Waals surface area (Å²) in [6, 6.07) is 4.90. The zero-order chi connectivity index (χ0) is 15.1. The van der Waals surface area contributed by atoms with E-state index >= 15 is 0 Å². The second-order valence-corrected chi connectivity index (χ2v) is 5.95. The highest BCUT2D eigenvalue weighted by atomic mass is 19.1. The molecule has 3 rings (SSSR count). The highest BCUT2D eigenvalue weighted by molar-refractivity contribution is 5.77. The van der Waals surface area contributed by atoms with E-state index in [2.05, 4.69) is 11.9 Å². The average Bonchev–Trinajstić information content (AvgIpc) is 2.99. The summed E-state index contributed by atoms with van der Waals surface area (Å²) in [5.41, 5.74) is 1.09. The Hall–Kier alpha value is -1.91. The number of hydrogen-bond donors (Lipinski definition) is 1. The molecule has 3 atom stereocenters. The number of carbonyl (C=O) groups is 1. The Kier molecular flexibility index (Phi) is 3.43. The molecule has 4 nitrogen and oxygen atoms in total. The van der Waals surface area contributed by atoms with Gasteiger partial charge in [-0.25, -0.2) is 9.37 Å². The van der Waals surface area contributed by atoms with Gasteiger partial charge in [0.25, 0.3) is 0 Å². The molecule has 0 spiro atoms. The number of fused-ring (bicyclic) bond motifs is 1. The molecule has 3 unspecified atom stereocenters. The number of carboxylic acids is 1. The summed E-state index contributed by atoms with van der Waals surface area (Å²) in [6.07, 6.45) is 1.46. The zero-order valence-electron chi connectivity index (χ0n) is 12.2. The van der Waals surface area contributed by atoms with Gasteiger partial charge in [0.05, 0.1) is 11.4 Å². The maximum atomic E-state index is 13.9. The summed E-state index contributed by atoms with van der Waals surface area (Å²) in [7, 11) is 0. The van der Waals surface area contributed by atoms with Crippen LogP contribution in [0, 0.1) is 17.7 Å². The maximum absolute atomic E-state index is 13.9. The van der Waals surface area contributed by atoms with Gasteiger partial charge in [0.15, 0.2) is 5.82 Å². The summed E-state index contributed by atoms with van der Waals surface area (Å²) < 4.78 is 15.9. The monoisotopic (exact) mass is 290 g/mol. The Morgan fingerprint density at radius 1 is 1.48 bits per heavy atom. The van der Waals surface area contributed by atoms with Crippen molar-refractivity contribution in [3.63, 3.8) is 0 Å². The van der Waals surface area contributed by atoms with E-state index in [9.17, 15) is 14.3 Å². The van der Waals surface area contributed by atoms with Gasteiger partial charge in [-0.3, -0.25) is 4.79 Å². The molecule has 1 aliphatic rings. The number of aromatic nitrogens is 2. The second-order valence-electron chi connectivity index (χ2n) is 5.95. The molecule has 21 heavy (non-hydrogen) atoms. The van der Waals surface area contributed by atoms with Crippen molar-refractivity contribution < 1.29 is 14.3 Å². The van der Waals surface area contributed by atoms with Crippen molar-refractivity contribution in [3.05, 3.63) is 29.8 Å². The van der Waals surface area contributed by atoms with Crippen molar-refractivity contribution in [2.24, 2.45) is 11.8 Å². The molecular formula is C16H19FN2O2. The van der Waals surface area contributed by atoms with Crippen LogP contribution in [0.5, 0.6) is 0 Å². The van der Waals surface area contributed by atoms with Gasteiger partial charge < -0.3 is 9.67 Å². The van der Waals surface area contributed by atoms with Crippen molar-refractivity contribution in [2.45, 2.75) is 39.2 Å². The van der Waals surface area contributed by atoms with Gasteiger partial charge in [0.1, 0.15) is 11.3 Å². The van der Waals surface area contributed by atoms with Gasteiger partial charge in [-0.15, -0.1) is 0 Å². The maximum Gasteiger partial charge on any atom is 0.307 e. The number of nitrogens with zero attached hydrogens (tertiary/aromatic N) is 2. The normalized spacial score (nSPS) is 25.6. The van der Waals surface area contributed by atoms with E-state index in [1.165, 1.54) is 6.07 Å². The molecule has 0 radical (unpaired) electrons. The lowest BCUT2D eigenvalue weighted by Crippen LogP contribution is -2.20. The Labute approximate surface area is 122 Å². The van der Waals surface area contributed by atoms with Crippen molar-refractivity contribution in [1.29, 1.82) is 0 Å². The fourth-order valence-electron chi connectivity index (χ4n) is 3.60. The molecule has 0 aliphatic heterocycles. The third-order valence-corrected chi connectivity index (χ3v) is 4.52. The first-order valence-electron chi connectivity index (χ1n) is 7.40. The SMILES string of the molecule is CCn1c(C2CC(C)CC2C(=O)O)nc2c(F)cccc21. The zero-order valence-corrected chi connectivity index (χ0v) is 12.2. The summed E-state index contributed by atoms with van der Waals surface area (Å²) >= 11 is 0. The minimum absolute atomic E-state index is 0.135. The number of benzene rings is 1. The largest absolute Gasteiger partial charge is 0.481 e. The lowest BCUT2D eigenvalue weighted by atomic mass is 9.95. The van der Waals surface area contributed by atoms with Crippen molar-refractivity contribution in [1.82, 2.24) is 9.55 Å². The summed E-state index contributed by atoms with van der Waals surface area (Å²) in [5.74, 6) is -0.617. The first-order valence-corrected chi connectivity index (χ1v) is 7.40. The number of halogens is 1. The van der Waals surface area contributed by atoms with Crippen LogP contribution >= 0.6 is 0 Å². The molecule has 1 saturated carbocycles. The van der Waals surface area contributed by atoms with Crippen LogP contribution in [0.15, 0.2) is 18.2 Å². The van der Waals surface area contributed by atoms with Gasteiger partial charge in [-0.1, -0.05) is 13.0 Å². The van der Waals surface area contributed by atoms with Crippen LogP contribution in [0.2, 0.25) is 0 Å². The third kappa shape index (κ3) is 2.20. The van der Waals surface area contributed by atoms with E-state index in [-0.39, 0.29) is 11.7 Å². The van der Waals surface area contributed by atoms with Gasteiger partial charge in [0.2, 0.25) is 0 Å². The molecule has 5 heteroatoms. The first-order chi connectivity index (χ1) is 10.0. The minimum Gasteiger partial charge on any atom is -0.481 e. The lowest BCUT2D eigenvalue weighted by Gasteiger charge is -2.16. The van der Waals surface area contributed by atoms with E-state index < -0.39 is 11.9 Å². The number of aliphatic carboxylic acids is 1. The second kappa shape index (κ2) is 5.13. The molecule has 2 aromatic rings. The van der Waals surface area contributed by atoms with Gasteiger partial charge in [0, 0.05) is 12.5 Å². The highest BCUT2D eigenvalue weighted by Gasteiger charge is 2.40. The number of hydrogen-bond acceptors (Lipinski definition) is 2. The number of imidazole rings is 1. The molecule has 1 fully saturated rings. The van der Waals surface area contributed by atoms with Crippen molar-refractivity contribution in [3.8, 4) is 0 Å². The predicted octanol–water partition coefficient (Wildman–Crippen LogP) is 3.41. The fraction of sp³-hybridized carbons (Fsp3) is 0.500. The lowest BCUT2D eigenvalue weighted by molar-refractivity contribution is -0.142. The Morgan fingerprint density at radius 3 is 2.90 bits per heavy atom. The molecule has 1 N–H and O–H groups in total. The third-order valence-electron chi connectivity index (χ3n) is 4.52. The van der Waals surface area contributed by atoms with Crippen LogP contribution in [-0.4, -0.2) is 20.6 Å². The van der Waals surface area contributed by atoms with Crippen LogP contribution in [0.25, 0.3) is 11.0 Å². The molecule has 1 aromatic carbocycles. The van der Waals surface area contributed by atoms with Crippen LogP contribution < -0.4 is 0 Å². The fourth-order valence-corrected chi connectivity index (χ4v) is 3.60. The van der Waals surface area contributed by atoms with E-state index in [1.807, 2.05) is 17.6 Å². The number of carboxylic acid groups (broad SMARTS) is 1. The smallest absolute Gasteiger partial charge is 0.307 e. The summed E-state index contributed by atoms with van der Waals surface area (Å²) in [6.45, 7) is 4.70. The average molecular weight is 290 g/mol. The molecule has 1 aliphatic carbocycles. The summed E-state index contributed by atoms with van der Waals surface area (Å²) in [4.78, 5) is 16.0. The Morgan fingerprint density at radius 2 is 2.24 bits per heavy atom. The minimum atomic E-state index is -0.778. The quantitative estimate of drug-likeness (QED) is 0.942. The van der Waals surface area contributed by atoms with Crippen molar-refractivity contribution in [2.75, 3.05) is 0 Å². The standard InChI is InChI=1S/C16H19FN2O2/c1-3-19-13-6-4-5-12(17)14(13)18-15(19)10-7-9(2)8-11(10)16(20)21/h4-6,9-11H,3,7-8H2,1-2H3,(H,20,21). The van der Waals surface area contributed by atoms with Crippen molar-refractivity contribution >= 4 is 17.0 Å². The van der Waals surface area contributed by atoms with E-state index in [0.717, 1.165) is 11.9 Å².